The SMILES string of the molecule is CC(Sc1cc(C(=O)O)ccn1)C(=O)NCc1ccco1. The van der Waals surface area contributed by atoms with Crippen LogP contribution in [-0.4, -0.2) is 27.2 Å². The number of furan rings is 1. The second-order valence-corrected chi connectivity index (χ2v) is 5.61. The normalized spacial score (nSPS) is 11.9. The number of hydrogen-bond acceptors (Lipinski definition) is 5. The highest BCUT2D eigenvalue weighted by Crippen LogP contribution is 2.22. The lowest BCUT2D eigenvalue weighted by molar-refractivity contribution is -0.120. The Balaban J connectivity index is 1.91. The molecule has 0 radical (unpaired) electrons. The third-order valence-electron chi connectivity index (χ3n) is 2.67. The van der Waals surface area contributed by atoms with Crippen molar-refractivity contribution in [1.29, 1.82) is 0 Å². The molecule has 7 heteroatoms. The van der Waals surface area contributed by atoms with Gasteiger partial charge >= 0.3 is 5.97 Å². The Hall–Kier alpha value is -2.28. The Labute approximate surface area is 125 Å². The number of carboxylic acids is 1. The van der Waals surface area contributed by atoms with E-state index in [1.807, 2.05) is 0 Å². The molecule has 1 amide bonds. The molecule has 2 heterocycles. The van der Waals surface area contributed by atoms with E-state index in [1.54, 1.807) is 25.3 Å². The minimum atomic E-state index is -1.02. The molecule has 6 nitrogen and oxygen atoms in total. The summed E-state index contributed by atoms with van der Waals surface area (Å²) in [5.74, 6) is -0.514. The second kappa shape index (κ2) is 6.94. The van der Waals surface area contributed by atoms with Gasteiger partial charge in [-0.05, 0) is 31.2 Å². The first kappa shape index (κ1) is 15.1. The predicted molar refractivity (Wildman–Crippen MR) is 77.1 cm³/mol. The van der Waals surface area contributed by atoms with Gasteiger partial charge in [-0.1, -0.05) is 11.8 Å². The van der Waals surface area contributed by atoms with Crippen LogP contribution >= 0.6 is 11.8 Å². The van der Waals surface area contributed by atoms with Crippen LogP contribution in [0.15, 0.2) is 46.2 Å². The summed E-state index contributed by atoms with van der Waals surface area (Å²) in [5, 5.41) is 11.8. The van der Waals surface area contributed by atoms with Crippen molar-refractivity contribution in [2.75, 3.05) is 0 Å². The third kappa shape index (κ3) is 4.35. The lowest BCUT2D eigenvalue weighted by atomic mass is 10.3. The largest absolute Gasteiger partial charge is 0.478 e. The molecule has 21 heavy (non-hydrogen) atoms. The number of nitrogens with zero attached hydrogens (tertiary/aromatic N) is 1. The van der Waals surface area contributed by atoms with Crippen molar-refractivity contribution in [3.05, 3.63) is 48.0 Å². The molecule has 2 N–H and O–H groups in total. The highest BCUT2D eigenvalue weighted by molar-refractivity contribution is 8.00. The third-order valence-corrected chi connectivity index (χ3v) is 3.70. The quantitative estimate of drug-likeness (QED) is 0.795. The van der Waals surface area contributed by atoms with Crippen molar-refractivity contribution in [1.82, 2.24) is 10.3 Å². The zero-order valence-corrected chi connectivity index (χ0v) is 12.1. The number of pyridine rings is 1. The molecule has 0 saturated carbocycles. The van der Waals surface area contributed by atoms with Crippen LogP contribution in [0, 0.1) is 0 Å². The van der Waals surface area contributed by atoms with E-state index in [0.717, 1.165) is 0 Å². The van der Waals surface area contributed by atoms with Crippen molar-refractivity contribution >= 4 is 23.6 Å². The molecular formula is C14H14N2O4S. The fraction of sp³-hybridized carbons (Fsp3) is 0.214. The number of aromatic carboxylic acids is 1. The molecule has 110 valence electrons. The van der Waals surface area contributed by atoms with E-state index in [4.69, 9.17) is 9.52 Å². The summed E-state index contributed by atoms with van der Waals surface area (Å²) in [4.78, 5) is 26.9. The number of amides is 1. The average Bonchev–Trinajstić information content (AvgIpc) is 2.98. The Kier molecular flexibility index (Phi) is 4.99. The number of rotatable bonds is 6. The van der Waals surface area contributed by atoms with Gasteiger partial charge in [0.1, 0.15) is 5.76 Å². The summed E-state index contributed by atoms with van der Waals surface area (Å²) >= 11 is 1.20. The van der Waals surface area contributed by atoms with Crippen molar-refractivity contribution in [3.8, 4) is 0 Å². The molecule has 2 aromatic heterocycles. The number of thioether (sulfide) groups is 1. The summed E-state index contributed by atoms with van der Waals surface area (Å²) < 4.78 is 5.12. The molecule has 1 atom stereocenters. The van der Waals surface area contributed by atoms with E-state index >= 15 is 0 Å². The first-order chi connectivity index (χ1) is 10.1. The van der Waals surface area contributed by atoms with Crippen molar-refractivity contribution < 1.29 is 19.1 Å². The summed E-state index contributed by atoms with van der Waals surface area (Å²) in [6.45, 7) is 2.05. The van der Waals surface area contributed by atoms with Gasteiger partial charge in [-0.3, -0.25) is 4.79 Å². The highest BCUT2D eigenvalue weighted by atomic mass is 32.2. The van der Waals surface area contributed by atoms with Gasteiger partial charge in [-0.15, -0.1) is 0 Å². The van der Waals surface area contributed by atoms with E-state index in [2.05, 4.69) is 10.3 Å². The summed E-state index contributed by atoms with van der Waals surface area (Å²) in [5.41, 5.74) is 0.149. The summed E-state index contributed by atoms with van der Waals surface area (Å²) in [7, 11) is 0. The van der Waals surface area contributed by atoms with E-state index in [-0.39, 0.29) is 11.5 Å². The van der Waals surface area contributed by atoms with Gasteiger partial charge in [0.2, 0.25) is 5.91 Å². The van der Waals surface area contributed by atoms with Crippen LogP contribution in [0.2, 0.25) is 0 Å². The van der Waals surface area contributed by atoms with Gasteiger partial charge in [0.25, 0.3) is 0 Å². The minimum absolute atomic E-state index is 0.149. The predicted octanol–water partition coefficient (Wildman–Crippen LogP) is 2.17. The maximum atomic E-state index is 11.9. The maximum Gasteiger partial charge on any atom is 0.335 e. The molecule has 0 aliphatic carbocycles. The standard InChI is InChI=1S/C14H14N2O4S/c1-9(13(17)16-8-11-3-2-6-20-11)21-12-7-10(14(18)19)4-5-15-12/h2-7,9H,8H2,1H3,(H,16,17)(H,18,19). The van der Waals surface area contributed by atoms with E-state index < -0.39 is 11.2 Å². The number of hydrogen-bond donors (Lipinski definition) is 2. The van der Waals surface area contributed by atoms with Crippen LogP contribution in [-0.2, 0) is 11.3 Å². The molecule has 0 saturated heterocycles. The fourth-order valence-corrected chi connectivity index (χ4v) is 2.44. The minimum Gasteiger partial charge on any atom is -0.478 e. The molecule has 0 bridgehead atoms. The van der Waals surface area contributed by atoms with Crippen LogP contribution in [0.25, 0.3) is 0 Å². The Morgan fingerprint density at radius 1 is 1.48 bits per heavy atom. The van der Waals surface area contributed by atoms with Gasteiger partial charge < -0.3 is 14.8 Å². The van der Waals surface area contributed by atoms with Gasteiger partial charge in [0.05, 0.1) is 28.6 Å². The van der Waals surface area contributed by atoms with Crippen molar-refractivity contribution in [2.24, 2.45) is 0 Å². The van der Waals surface area contributed by atoms with E-state index in [0.29, 0.717) is 17.3 Å². The number of nitrogens with one attached hydrogen (secondary N) is 1. The topological polar surface area (TPSA) is 92.4 Å². The Morgan fingerprint density at radius 2 is 2.29 bits per heavy atom. The number of carbonyl (C=O) groups is 2. The number of aromatic nitrogens is 1. The van der Waals surface area contributed by atoms with Crippen LogP contribution in [0.5, 0.6) is 0 Å². The van der Waals surface area contributed by atoms with Crippen molar-refractivity contribution in [2.45, 2.75) is 23.7 Å². The molecule has 0 aliphatic rings. The molecular weight excluding hydrogens is 292 g/mol. The molecule has 1 unspecified atom stereocenters. The molecule has 0 aromatic carbocycles. The maximum absolute atomic E-state index is 11.9. The van der Waals surface area contributed by atoms with E-state index in [9.17, 15) is 9.59 Å². The average molecular weight is 306 g/mol. The first-order valence-corrected chi connectivity index (χ1v) is 7.10. The molecule has 0 aliphatic heterocycles. The molecule has 2 aromatic rings. The Morgan fingerprint density at radius 3 is 2.95 bits per heavy atom. The van der Waals surface area contributed by atoms with Gasteiger partial charge in [0.15, 0.2) is 0 Å². The van der Waals surface area contributed by atoms with Crippen molar-refractivity contribution in [3.63, 3.8) is 0 Å². The molecule has 0 fully saturated rings. The second-order valence-electron chi connectivity index (χ2n) is 4.25. The summed E-state index contributed by atoms with van der Waals surface area (Å²) in [6, 6.07) is 6.38. The lowest BCUT2D eigenvalue weighted by Crippen LogP contribution is -2.30. The van der Waals surface area contributed by atoms with Crippen LogP contribution < -0.4 is 5.32 Å². The molecule has 2 rings (SSSR count). The molecule has 0 spiro atoms. The van der Waals surface area contributed by atoms with Gasteiger partial charge in [0, 0.05) is 6.20 Å². The monoisotopic (exact) mass is 306 g/mol. The Bertz CT molecular complexity index is 628. The highest BCUT2D eigenvalue weighted by Gasteiger charge is 2.16. The van der Waals surface area contributed by atoms with Crippen LogP contribution in [0.3, 0.4) is 0 Å². The van der Waals surface area contributed by atoms with Gasteiger partial charge in [-0.25, -0.2) is 9.78 Å². The number of carboxylic acid groups (broad SMARTS) is 1. The summed E-state index contributed by atoms with van der Waals surface area (Å²) in [6.07, 6.45) is 2.96. The zero-order valence-electron chi connectivity index (χ0n) is 11.3. The zero-order chi connectivity index (χ0) is 15.2. The number of carbonyl (C=O) groups excluding carboxylic acids is 1. The lowest BCUT2D eigenvalue weighted by Gasteiger charge is -2.10. The first-order valence-electron chi connectivity index (χ1n) is 6.22. The van der Waals surface area contributed by atoms with Crippen LogP contribution in [0.1, 0.15) is 23.0 Å². The van der Waals surface area contributed by atoms with E-state index in [1.165, 1.54) is 30.1 Å². The fourth-order valence-electron chi connectivity index (χ4n) is 1.57. The van der Waals surface area contributed by atoms with Gasteiger partial charge in [-0.2, -0.15) is 0 Å². The smallest absolute Gasteiger partial charge is 0.335 e. The van der Waals surface area contributed by atoms with Crippen LogP contribution in [0.4, 0.5) is 0 Å².